The molecular formula is C40H49IN8O6. The lowest BCUT2D eigenvalue weighted by molar-refractivity contribution is -0.136. The lowest BCUT2D eigenvalue weighted by atomic mass is 10.0. The minimum atomic E-state index is -0.718. The van der Waals surface area contributed by atoms with E-state index in [2.05, 4.69) is 85.7 Å². The zero-order chi connectivity index (χ0) is 40.0. The molecule has 292 valence electrons. The van der Waals surface area contributed by atoms with E-state index in [1.807, 2.05) is 52.0 Å². The van der Waals surface area contributed by atoms with Gasteiger partial charge in [-0.1, -0.05) is 53.4 Å². The predicted molar refractivity (Wildman–Crippen MR) is 213 cm³/mol. The molecule has 0 aliphatic carbocycles. The summed E-state index contributed by atoms with van der Waals surface area (Å²) in [6.45, 7) is 12.9. The van der Waals surface area contributed by atoms with Crippen LogP contribution in [0.1, 0.15) is 101 Å². The third kappa shape index (κ3) is 9.99. The topological polar surface area (TPSA) is 175 Å². The Hall–Kier alpha value is -5.03. The molecule has 2 fully saturated rings. The number of methoxy groups -OCH3 is 2. The highest BCUT2D eigenvalue weighted by Gasteiger charge is 2.41. The third-order valence-electron chi connectivity index (χ3n) is 9.83. The number of halogens is 1. The Bertz CT molecular complexity index is 2000. The Morgan fingerprint density at radius 2 is 1.24 bits per heavy atom. The van der Waals surface area contributed by atoms with Gasteiger partial charge in [-0.2, -0.15) is 0 Å². The van der Waals surface area contributed by atoms with Crippen LogP contribution in [0.5, 0.6) is 0 Å². The van der Waals surface area contributed by atoms with Crippen molar-refractivity contribution in [3.8, 4) is 23.7 Å². The maximum atomic E-state index is 13.6. The maximum Gasteiger partial charge on any atom is 0.407 e. The largest absolute Gasteiger partial charge is 0.453 e. The van der Waals surface area contributed by atoms with Gasteiger partial charge in [0.1, 0.15) is 38.8 Å². The van der Waals surface area contributed by atoms with E-state index >= 15 is 0 Å². The van der Waals surface area contributed by atoms with Gasteiger partial charge in [0.05, 0.1) is 32.5 Å². The molecule has 6 atom stereocenters. The van der Waals surface area contributed by atoms with Crippen molar-refractivity contribution >= 4 is 46.6 Å². The summed E-state index contributed by atoms with van der Waals surface area (Å²) in [4.78, 5) is 70.7. The van der Waals surface area contributed by atoms with Crippen molar-refractivity contribution in [1.82, 2.24) is 40.4 Å². The number of aromatic amines is 2. The van der Waals surface area contributed by atoms with Gasteiger partial charge in [0.25, 0.3) is 0 Å². The van der Waals surface area contributed by atoms with E-state index < -0.39 is 24.3 Å². The quantitative estimate of drug-likeness (QED) is 0.179. The molecule has 15 heteroatoms. The number of aromatic nitrogens is 4. The number of ether oxygens (including phenoxy) is 2. The summed E-state index contributed by atoms with van der Waals surface area (Å²) < 4.78 is 10.2. The van der Waals surface area contributed by atoms with Crippen LogP contribution in [-0.4, -0.2) is 93.1 Å². The number of alkyl carbamates (subject to hydrolysis) is 2. The molecule has 0 spiro atoms. The number of benzene rings is 1. The van der Waals surface area contributed by atoms with Crippen LogP contribution in [0.15, 0.2) is 30.5 Å². The summed E-state index contributed by atoms with van der Waals surface area (Å²) in [5.41, 5.74) is 2.87. The van der Waals surface area contributed by atoms with Crippen molar-refractivity contribution < 1.29 is 28.7 Å². The lowest BCUT2D eigenvalue weighted by Gasteiger charge is -2.30. The van der Waals surface area contributed by atoms with Crippen molar-refractivity contribution in [2.75, 3.05) is 27.3 Å². The van der Waals surface area contributed by atoms with E-state index in [-0.39, 0.29) is 47.6 Å². The predicted octanol–water partition coefficient (Wildman–Crippen LogP) is 5.12. The van der Waals surface area contributed by atoms with Gasteiger partial charge in [0.2, 0.25) is 11.8 Å². The molecule has 0 bridgehead atoms. The molecule has 4 N–H and O–H groups in total. The van der Waals surface area contributed by atoms with Crippen LogP contribution >= 0.6 is 22.6 Å². The third-order valence-corrected chi connectivity index (χ3v) is 10.6. The fourth-order valence-corrected chi connectivity index (χ4v) is 7.47. The lowest BCUT2D eigenvalue weighted by Crippen LogP contribution is -2.51. The van der Waals surface area contributed by atoms with Gasteiger partial charge < -0.3 is 39.9 Å². The van der Waals surface area contributed by atoms with E-state index in [1.54, 1.807) is 16.0 Å². The first-order valence-electron chi connectivity index (χ1n) is 18.4. The monoisotopic (exact) mass is 864 g/mol. The Balaban J connectivity index is 1.25. The smallest absolute Gasteiger partial charge is 0.407 e. The average molecular weight is 865 g/mol. The number of hydrogen-bond donors (Lipinski definition) is 4. The number of nitrogens with one attached hydrogen (secondary N) is 4. The van der Waals surface area contributed by atoms with Gasteiger partial charge in [-0.15, -0.1) is 0 Å². The Morgan fingerprint density at radius 3 is 1.71 bits per heavy atom. The van der Waals surface area contributed by atoms with E-state index in [0.29, 0.717) is 39.8 Å². The van der Waals surface area contributed by atoms with E-state index in [1.165, 1.54) is 14.2 Å². The SMILES string of the molecule is COC(=O)N[C@H](C(=O)N1C[C@@H](C)C[C@H]1c1ncc(C#Cc2ccc(C#Cc3[nH]c([C@@H]4C[C@H](C)CN4C(=O)[C@@H](NC(=O)OC)C(C)C)nc3I)cc2)[nH]1)C(C)C. The van der Waals surface area contributed by atoms with Crippen molar-refractivity contribution in [2.24, 2.45) is 23.7 Å². The number of H-pyrrole nitrogens is 2. The number of carbonyl (C=O) groups is 4. The number of carbonyl (C=O) groups excluding carboxylic acids is 4. The fourth-order valence-electron chi connectivity index (χ4n) is 6.94. The first-order valence-corrected chi connectivity index (χ1v) is 19.5. The van der Waals surface area contributed by atoms with Gasteiger partial charge in [0.15, 0.2) is 0 Å². The molecular weight excluding hydrogens is 815 g/mol. The van der Waals surface area contributed by atoms with Crippen LogP contribution in [0.4, 0.5) is 9.59 Å². The Kier molecular flexibility index (Phi) is 13.5. The maximum absolute atomic E-state index is 13.6. The standard InChI is InChI=1S/C40H49IN8O6/c1-22(2)32(45-39(52)54-7)37(50)48-20-24(5)17-30(48)35-42-19-28(43-35)15-13-26-9-11-27(12-10-26)14-16-29-34(41)47-36(44-29)31-18-25(6)21-49(31)38(51)33(23(3)4)46-40(53)55-8/h9-12,19,22-25,30-33H,17-18,20-21H2,1-8H3,(H,42,43)(H,44,47)(H,45,52)(H,46,53)/t24-,25-,30-,31-,32-,33-/m0/s1. The van der Waals surface area contributed by atoms with Gasteiger partial charge >= 0.3 is 12.2 Å². The number of likely N-dealkylation sites (tertiary alicyclic amines) is 2. The van der Waals surface area contributed by atoms with Crippen LogP contribution in [0.25, 0.3) is 0 Å². The Labute approximate surface area is 335 Å². The van der Waals surface area contributed by atoms with Crippen LogP contribution in [-0.2, 0) is 19.1 Å². The second-order valence-electron chi connectivity index (χ2n) is 15.0. The molecule has 2 aromatic heterocycles. The van der Waals surface area contributed by atoms with Crippen molar-refractivity contribution in [2.45, 2.75) is 78.6 Å². The number of rotatable bonds is 8. The summed E-state index contributed by atoms with van der Waals surface area (Å²) in [6, 6.07) is 5.62. The van der Waals surface area contributed by atoms with E-state index in [4.69, 9.17) is 14.5 Å². The first-order chi connectivity index (χ1) is 26.2. The van der Waals surface area contributed by atoms with Crippen LogP contribution in [0.3, 0.4) is 0 Å². The number of nitrogens with zero attached hydrogens (tertiary/aromatic N) is 4. The molecule has 4 amide bonds. The summed E-state index contributed by atoms with van der Waals surface area (Å²) >= 11 is 2.15. The zero-order valence-electron chi connectivity index (χ0n) is 32.5. The summed E-state index contributed by atoms with van der Waals surface area (Å²) in [5.74, 6) is 13.9. The zero-order valence-corrected chi connectivity index (χ0v) is 34.6. The minimum Gasteiger partial charge on any atom is -0.453 e. The van der Waals surface area contributed by atoms with Crippen LogP contribution in [0, 0.1) is 51.1 Å². The second-order valence-corrected chi connectivity index (χ2v) is 16.0. The number of amides is 4. The molecule has 55 heavy (non-hydrogen) atoms. The molecule has 0 unspecified atom stereocenters. The molecule has 0 saturated carbocycles. The highest BCUT2D eigenvalue weighted by Crippen LogP contribution is 2.36. The molecule has 1 aromatic carbocycles. The van der Waals surface area contributed by atoms with Crippen LogP contribution in [0.2, 0.25) is 0 Å². The summed E-state index contributed by atoms with van der Waals surface area (Å²) in [7, 11) is 2.56. The van der Waals surface area contributed by atoms with E-state index in [9.17, 15) is 19.2 Å². The molecule has 4 heterocycles. The highest BCUT2D eigenvalue weighted by atomic mass is 127. The summed E-state index contributed by atoms with van der Waals surface area (Å²) in [5, 5.41) is 5.37. The first kappa shape index (κ1) is 41.1. The Morgan fingerprint density at radius 1 is 0.764 bits per heavy atom. The van der Waals surface area contributed by atoms with Gasteiger partial charge in [0, 0.05) is 24.2 Å². The fraction of sp³-hybridized carbons (Fsp3) is 0.500. The average Bonchev–Trinajstić information content (AvgIpc) is 3.96. The minimum absolute atomic E-state index is 0.126. The molecule has 2 saturated heterocycles. The van der Waals surface area contributed by atoms with Gasteiger partial charge in [-0.3, -0.25) is 9.59 Å². The molecule has 2 aliphatic rings. The van der Waals surface area contributed by atoms with Crippen LogP contribution < -0.4 is 10.6 Å². The highest BCUT2D eigenvalue weighted by molar-refractivity contribution is 14.1. The molecule has 14 nitrogen and oxygen atoms in total. The van der Waals surface area contributed by atoms with Gasteiger partial charge in [-0.05, 0) is 95.2 Å². The number of imidazole rings is 2. The molecule has 5 rings (SSSR count). The number of hydrogen-bond acceptors (Lipinski definition) is 8. The summed E-state index contributed by atoms with van der Waals surface area (Å²) in [6.07, 6.45) is 1.87. The van der Waals surface area contributed by atoms with Crippen molar-refractivity contribution in [3.63, 3.8) is 0 Å². The molecule has 2 aliphatic heterocycles. The van der Waals surface area contributed by atoms with Crippen molar-refractivity contribution in [3.05, 3.63) is 68.3 Å². The molecule has 0 radical (unpaired) electrons. The second kappa shape index (κ2) is 18.1. The molecule has 3 aromatic rings. The van der Waals surface area contributed by atoms with Gasteiger partial charge in [-0.25, -0.2) is 19.6 Å². The van der Waals surface area contributed by atoms with E-state index in [0.717, 1.165) is 24.0 Å². The van der Waals surface area contributed by atoms with Crippen molar-refractivity contribution in [1.29, 1.82) is 0 Å². The normalized spacial score (nSPS) is 20.3.